The van der Waals surface area contributed by atoms with Crippen molar-refractivity contribution in [2.75, 3.05) is 6.61 Å². The standard InChI is InChI=1S/C15H25NO2/c1-5-13(16)12-8-6-7-9-14(12)18-10-15(4,17)11(2)3/h6-9,11,13,17H,5,10,16H2,1-4H3. The first kappa shape index (κ1) is 15.0. The molecule has 1 aromatic rings. The topological polar surface area (TPSA) is 55.5 Å². The van der Waals surface area contributed by atoms with Gasteiger partial charge in [-0.05, 0) is 25.3 Å². The van der Waals surface area contributed by atoms with E-state index in [0.717, 1.165) is 17.7 Å². The lowest BCUT2D eigenvalue weighted by Crippen LogP contribution is -2.38. The van der Waals surface area contributed by atoms with Crippen molar-refractivity contribution in [1.29, 1.82) is 0 Å². The quantitative estimate of drug-likeness (QED) is 0.817. The van der Waals surface area contributed by atoms with Crippen LogP contribution in [0.25, 0.3) is 0 Å². The Balaban J connectivity index is 2.79. The van der Waals surface area contributed by atoms with Crippen LogP contribution in [0.4, 0.5) is 0 Å². The number of ether oxygens (including phenoxy) is 1. The molecule has 0 saturated carbocycles. The lowest BCUT2D eigenvalue weighted by atomic mass is 9.93. The zero-order valence-corrected chi connectivity index (χ0v) is 11.8. The van der Waals surface area contributed by atoms with Crippen LogP contribution < -0.4 is 10.5 Å². The summed E-state index contributed by atoms with van der Waals surface area (Å²) in [6, 6.07) is 7.74. The van der Waals surface area contributed by atoms with Crippen LogP contribution in [0.1, 0.15) is 45.7 Å². The Morgan fingerprint density at radius 2 is 1.94 bits per heavy atom. The van der Waals surface area contributed by atoms with Crippen LogP contribution in [0, 0.1) is 5.92 Å². The molecule has 0 amide bonds. The normalized spacial score (nSPS) is 16.4. The third-order valence-electron chi connectivity index (χ3n) is 3.52. The van der Waals surface area contributed by atoms with Gasteiger partial charge in [0, 0.05) is 11.6 Å². The molecule has 1 rings (SSSR count). The summed E-state index contributed by atoms with van der Waals surface area (Å²) in [4.78, 5) is 0. The van der Waals surface area contributed by atoms with Crippen LogP contribution in [-0.4, -0.2) is 17.3 Å². The highest BCUT2D eigenvalue weighted by Crippen LogP contribution is 2.27. The number of hydrogen-bond acceptors (Lipinski definition) is 3. The third-order valence-corrected chi connectivity index (χ3v) is 3.52. The molecule has 2 unspecified atom stereocenters. The van der Waals surface area contributed by atoms with Crippen LogP contribution in [-0.2, 0) is 0 Å². The summed E-state index contributed by atoms with van der Waals surface area (Å²) in [5.41, 5.74) is 6.22. The summed E-state index contributed by atoms with van der Waals surface area (Å²) in [5.74, 6) is 0.914. The first-order valence-corrected chi connectivity index (χ1v) is 6.58. The molecule has 102 valence electrons. The van der Waals surface area contributed by atoms with Crippen LogP contribution in [0.2, 0.25) is 0 Å². The predicted octanol–water partition coefficient (Wildman–Crippen LogP) is 2.88. The van der Waals surface area contributed by atoms with Crippen molar-refractivity contribution in [3.8, 4) is 5.75 Å². The van der Waals surface area contributed by atoms with Gasteiger partial charge in [-0.25, -0.2) is 0 Å². The maximum atomic E-state index is 10.2. The van der Waals surface area contributed by atoms with Gasteiger partial charge in [-0.15, -0.1) is 0 Å². The van der Waals surface area contributed by atoms with Gasteiger partial charge in [0.1, 0.15) is 12.4 Å². The van der Waals surface area contributed by atoms with Gasteiger partial charge in [0.2, 0.25) is 0 Å². The van der Waals surface area contributed by atoms with E-state index < -0.39 is 5.60 Å². The molecule has 0 bridgehead atoms. The van der Waals surface area contributed by atoms with Crippen molar-refractivity contribution in [2.45, 2.75) is 45.8 Å². The fourth-order valence-electron chi connectivity index (χ4n) is 1.53. The van der Waals surface area contributed by atoms with Gasteiger partial charge in [0.25, 0.3) is 0 Å². The molecule has 0 aliphatic carbocycles. The fraction of sp³-hybridized carbons (Fsp3) is 0.600. The first-order chi connectivity index (χ1) is 8.38. The molecule has 0 saturated heterocycles. The van der Waals surface area contributed by atoms with E-state index in [1.165, 1.54) is 0 Å². The van der Waals surface area contributed by atoms with Gasteiger partial charge < -0.3 is 15.6 Å². The average Bonchev–Trinajstić information content (AvgIpc) is 2.35. The average molecular weight is 251 g/mol. The van der Waals surface area contributed by atoms with Gasteiger partial charge >= 0.3 is 0 Å². The number of hydrogen-bond donors (Lipinski definition) is 2. The van der Waals surface area contributed by atoms with E-state index in [2.05, 4.69) is 0 Å². The molecular formula is C15H25NO2. The Morgan fingerprint density at radius 1 is 1.33 bits per heavy atom. The Bertz CT molecular complexity index is 375. The Kier molecular flexibility index (Phi) is 5.17. The number of rotatable bonds is 6. The molecule has 0 heterocycles. The molecule has 3 nitrogen and oxygen atoms in total. The zero-order valence-electron chi connectivity index (χ0n) is 11.8. The number of benzene rings is 1. The smallest absolute Gasteiger partial charge is 0.124 e. The van der Waals surface area contributed by atoms with Gasteiger partial charge in [0.05, 0.1) is 5.60 Å². The second-order valence-corrected chi connectivity index (χ2v) is 5.35. The van der Waals surface area contributed by atoms with E-state index in [1.54, 1.807) is 6.92 Å². The van der Waals surface area contributed by atoms with Crippen molar-refractivity contribution in [1.82, 2.24) is 0 Å². The predicted molar refractivity (Wildman–Crippen MR) is 74.6 cm³/mol. The second kappa shape index (κ2) is 6.21. The highest BCUT2D eigenvalue weighted by molar-refractivity contribution is 5.35. The molecule has 3 N–H and O–H groups in total. The minimum absolute atomic E-state index is 0.0230. The van der Waals surface area contributed by atoms with Crippen LogP contribution >= 0.6 is 0 Å². The van der Waals surface area contributed by atoms with E-state index in [-0.39, 0.29) is 18.6 Å². The maximum Gasteiger partial charge on any atom is 0.124 e. The van der Waals surface area contributed by atoms with Gasteiger partial charge in [-0.2, -0.15) is 0 Å². The van der Waals surface area contributed by atoms with E-state index in [9.17, 15) is 5.11 Å². The Morgan fingerprint density at radius 3 is 2.50 bits per heavy atom. The molecule has 1 aromatic carbocycles. The Labute approximate surface area is 110 Å². The number of para-hydroxylation sites is 1. The highest BCUT2D eigenvalue weighted by atomic mass is 16.5. The van der Waals surface area contributed by atoms with Crippen molar-refractivity contribution >= 4 is 0 Å². The third kappa shape index (κ3) is 3.72. The van der Waals surface area contributed by atoms with E-state index in [4.69, 9.17) is 10.5 Å². The molecule has 2 atom stereocenters. The molecular weight excluding hydrogens is 226 g/mol. The van der Waals surface area contributed by atoms with Crippen molar-refractivity contribution in [3.63, 3.8) is 0 Å². The second-order valence-electron chi connectivity index (χ2n) is 5.35. The first-order valence-electron chi connectivity index (χ1n) is 6.58. The Hall–Kier alpha value is -1.06. The molecule has 3 heteroatoms. The fourth-order valence-corrected chi connectivity index (χ4v) is 1.53. The van der Waals surface area contributed by atoms with Gasteiger partial charge in [-0.3, -0.25) is 0 Å². The van der Waals surface area contributed by atoms with Gasteiger partial charge in [-0.1, -0.05) is 39.0 Å². The molecule has 0 radical (unpaired) electrons. The van der Waals surface area contributed by atoms with E-state index in [1.807, 2.05) is 45.0 Å². The SMILES string of the molecule is CCC(N)c1ccccc1OCC(C)(O)C(C)C. The summed E-state index contributed by atoms with van der Waals surface area (Å²) in [6.45, 7) is 8.07. The molecule has 0 aliphatic rings. The lowest BCUT2D eigenvalue weighted by Gasteiger charge is -2.28. The molecule has 18 heavy (non-hydrogen) atoms. The molecule has 0 aromatic heterocycles. The summed E-state index contributed by atoms with van der Waals surface area (Å²) in [6.07, 6.45) is 0.862. The highest BCUT2D eigenvalue weighted by Gasteiger charge is 2.26. The monoisotopic (exact) mass is 251 g/mol. The summed E-state index contributed by atoms with van der Waals surface area (Å²) < 4.78 is 5.76. The van der Waals surface area contributed by atoms with E-state index in [0.29, 0.717) is 0 Å². The summed E-state index contributed by atoms with van der Waals surface area (Å²) >= 11 is 0. The zero-order chi connectivity index (χ0) is 13.8. The minimum atomic E-state index is -0.830. The van der Waals surface area contributed by atoms with Crippen molar-refractivity contribution in [3.05, 3.63) is 29.8 Å². The number of nitrogens with two attached hydrogens (primary N) is 1. The van der Waals surface area contributed by atoms with Crippen LogP contribution in [0.15, 0.2) is 24.3 Å². The minimum Gasteiger partial charge on any atom is -0.490 e. The summed E-state index contributed by atoms with van der Waals surface area (Å²) in [7, 11) is 0. The molecule has 0 spiro atoms. The van der Waals surface area contributed by atoms with E-state index >= 15 is 0 Å². The lowest BCUT2D eigenvalue weighted by molar-refractivity contribution is -0.0269. The molecule has 0 fully saturated rings. The van der Waals surface area contributed by atoms with Crippen molar-refractivity contribution < 1.29 is 9.84 Å². The largest absolute Gasteiger partial charge is 0.490 e. The van der Waals surface area contributed by atoms with Crippen LogP contribution in [0.5, 0.6) is 5.75 Å². The van der Waals surface area contributed by atoms with Gasteiger partial charge in [0.15, 0.2) is 0 Å². The van der Waals surface area contributed by atoms with Crippen LogP contribution in [0.3, 0.4) is 0 Å². The summed E-state index contributed by atoms with van der Waals surface area (Å²) in [5, 5.41) is 10.2. The molecule has 0 aliphatic heterocycles. The number of aliphatic hydroxyl groups is 1. The van der Waals surface area contributed by atoms with Crippen molar-refractivity contribution in [2.24, 2.45) is 11.7 Å². The maximum absolute atomic E-state index is 10.2.